The summed E-state index contributed by atoms with van der Waals surface area (Å²) in [7, 11) is 0. The molecule has 2 aliphatic rings. The van der Waals surface area contributed by atoms with Crippen LogP contribution in [0.3, 0.4) is 0 Å². The zero-order valence-electron chi connectivity index (χ0n) is 16.6. The second-order valence-electron chi connectivity index (χ2n) is 8.79. The third-order valence-electron chi connectivity index (χ3n) is 6.01. The average molecular weight is 405 g/mol. The van der Waals surface area contributed by atoms with E-state index in [2.05, 4.69) is 31.6 Å². The highest BCUT2D eigenvalue weighted by Crippen LogP contribution is 2.40. The number of carboxylic acid groups (broad SMARTS) is 1. The molecule has 6 nitrogen and oxygen atoms in total. The molecule has 3 N–H and O–H groups in total. The van der Waals surface area contributed by atoms with E-state index in [-0.39, 0.29) is 11.3 Å². The van der Waals surface area contributed by atoms with Crippen molar-refractivity contribution in [1.82, 2.24) is 10.9 Å². The number of thiophene rings is 1. The van der Waals surface area contributed by atoms with Crippen molar-refractivity contribution in [3.63, 3.8) is 0 Å². The van der Waals surface area contributed by atoms with Gasteiger partial charge in [-0.1, -0.05) is 32.9 Å². The lowest BCUT2D eigenvalue weighted by atomic mass is 9.72. The first-order valence-electron chi connectivity index (χ1n) is 9.75. The van der Waals surface area contributed by atoms with Crippen molar-refractivity contribution in [3.05, 3.63) is 33.5 Å². The van der Waals surface area contributed by atoms with Crippen molar-refractivity contribution in [2.45, 2.75) is 52.9 Å². The molecular formula is C21H28N2O4S. The molecule has 0 aliphatic heterocycles. The van der Waals surface area contributed by atoms with Gasteiger partial charge in [-0.25, -0.2) is 0 Å². The molecule has 1 aromatic heterocycles. The van der Waals surface area contributed by atoms with Gasteiger partial charge in [0.25, 0.3) is 5.91 Å². The van der Waals surface area contributed by atoms with Gasteiger partial charge in [0.15, 0.2) is 0 Å². The Hall–Kier alpha value is -2.15. The molecule has 0 fully saturated rings. The number of carbonyl (C=O) groups is 3. The molecule has 0 saturated heterocycles. The molecule has 7 heteroatoms. The van der Waals surface area contributed by atoms with Gasteiger partial charge >= 0.3 is 5.97 Å². The summed E-state index contributed by atoms with van der Waals surface area (Å²) in [5, 5.41) is 11.2. The lowest BCUT2D eigenvalue weighted by Gasteiger charge is -2.34. The molecule has 2 aliphatic carbocycles. The quantitative estimate of drug-likeness (QED) is 0.532. The van der Waals surface area contributed by atoms with Crippen molar-refractivity contribution in [1.29, 1.82) is 0 Å². The van der Waals surface area contributed by atoms with Crippen LogP contribution in [0.25, 0.3) is 0 Å². The van der Waals surface area contributed by atoms with Crippen LogP contribution in [0.1, 0.15) is 60.8 Å². The van der Waals surface area contributed by atoms with Crippen molar-refractivity contribution in [2.24, 2.45) is 23.2 Å². The van der Waals surface area contributed by atoms with E-state index >= 15 is 0 Å². The molecule has 0 spiro atoms. The summed E-state index contributed by atoms with van der Waals surface area (Å²) in [6.45, 7) is 6.76. The fourth-order valence-electron chi connectivity index (χ4n) is 4.10. The Kier molecular flexibility index (Phi) is 5.93. The zero-order chi connectivity index (χ0) is 20.5. The minimum atomic E-state index is -0.990. The summed E-state index contributed by atoms with van der Waals surface area (Å²) in [4.78, 5) is 37.6. The SMILES string of the molecule is CC(C)(C)[C@H]1CCc2c(C(=O)NNC(=O)[C@@H]3CC=CC[C@@H]3C(=O)O)csc2C1. The normalized spacial score (nSPS) is 24.3. The summed E-state index contributed by atoms with van der Waals surface area (Å²) in [6.07, 6.45) is 7.18. The van der Waals surface area contributed by atoms with Gasteiger partial charge < -0.3 is 5.11 Å². The van der Waals surface area contributed by atoms with E-state index in [0.717, 1.165) is 24.8 Å². The maximum Gasteiger partial charge on any atom is 0.307 e. The van der Waals surface area contributed by atoms with E-state index in [1.807, 2.05) is 11.5 Å². The van der Waals surface area contributed by atoms with Gasteiger partial charge in [-0.15, -0.1) is 11.3 Å². The molecular weight excluding hydrogens is 376 g/mol. The number of amides is 2. The fourth-order valence-corrected chi connectivity index (χ4v) is 5.26. The van der Waals surface area contributed by atoms with Crippen LogP contribution in [0.5, 0.6) is 0 Å². The molecule has 152 valence electrons. The van der Waals surface area contributed by atoms with Crippen molar-refractivity contribution >= 4 is 29.1 Å². The Bertz CT molecular complexity index is 806. The van der Waals surface area contributed by atoms with Crippen LogP contribution in [-0.2, 0) is 22.4 Å². The number of hydrazine groups is 1. The van der Waals surface area contributed by atoms with Gasteiger partial charge in [0.2, 0.25) is 5.91 Å². The maximum atomic E-state index is 12.6. The number of carbonyl (C=O) groups excluding carboxylic acids is 2. The Balaban J connectivity index is 1.62. The topological polar surface area (TPSA) is 95.5 Å². The Labute approximate surface area is 169 Å². The number of carboxylic acids is 1. The lowest BCUT2D eigenvalue weighted by molar-refractivity contribution is -0.147. The maximum absolute atomic E-state index is 12.6. The molecule has 3 rings (SSSR count). The minimum Gasteiger partial charge on any atom is -0.481 e. The first-order chi connectivity index (χ1) is 13.2. The third-order valence-corrected chi connectivity index (χ3v) is 7.06. The number of nitrogens with one attached hydrogen (secondary N) is 2. The van der Waals surface area contributed by atoms with Crippen molar-refractivity contribution in [3.8, 4) is 0 Å². The molecule has 0 unspecified atom stereocenters. The van der Waals surface area contributed by atoms with E-state index in [4.69, 9.17) is 0 Å². The minimum absolute atomic E-state index is 0.243. The van der Waals surface area contributed by atoms with E-state index in [1.165, 1.54) is 4.88 Å². The number of rotatable bonds is 3. The second kappa shape index (κ2) is 8.07. The highest BCUT2D eigenvalue weighted by atomic mass is 32.1. The predicted octanol–water partition coefficient (Wildman–Crippen LogP) is 3.33. The third kappa shape index (κ3) is 4.29. The fraction of sp³-hybridized carbons (Fsp3) is 0.571. The van der Waals surface area contributed by atoms with Gasteiger partial charge in [0.05, 0.1) is 17.4 Å². The van der Waals surface area contributed by atoms with Gasteiger partial charge in [-0.3, -0.25) is 25.2 Å². The Morgan fingerprint density at radius 3 is 2.43 bits per heavy atom. The average Bonchev–Trinajstić information content (AvgIpc) is 3.08. The Morgan fingerprint density at radius 1 is 1.11 bits per heavy atom. The molecule has 1 aromatic rings. The largest absolute Gasteiger partial charge is 0.481 e. The molecule has 0 saturated carbocycles. The van der Waals surface area contributed by atoms with E-state index in [9.17, 15) is 19.5 Å². The van der Waals surface area contributed by atoms with Crippen molar-refractivity contribution in [2.75, 3.05) is 0 Å². The summed E-state index contributed by atoms with van der Waals surface area (Å²) < 4.78 is 0. The zero-order valence-corrected chi connectivity index (χ0v) is 17.4. The standard InChI is InChI=1S/C21H28N2O4S/c1-21(2,3)12-8-9-13-16(11-28-17(13)10-12)19(25)23-22-18(24)14-6-4-5-7-15(14)20(26)27/h4-5,11-12,14-15H,6-10H2,1-3H3,(H,22,24)(H,23,25)(H,26,27)/t12-,14+,15-/m0/s1. The van der Waals surface area contributed by atoms with Gasteiger partial charge in [-0.2, -0.15) is 0 Å². The first-order valence-corrected chi connectivity index (χ1v) is 10.6. The molecule has 3 atom stereocenters. The smallest absolute Gasteiger partial charge is 0.307 e. The molecule has 0 aromatic carbocycles. The summed E-state index contributed by atoms with van der Waals surface area (Å²) in [5.74, 6) is -2.62. The first kappa shape index (κ1) is 20.6. The highest BCUT2D eigenvalue weighted by molar-refractivity contribution is 7.10. The van der Waals surface area contributed by atoms with Crippen molar-refractivity contribution < 1.29 is 19.5 Å². The van der Waals surface area contributed by atoms with E-state index < -0.39 is 23.7 Å². The summed E-state index contributed by atoms with van der Waals surface area (Å²) >= 11 is 1.61. The monoisotopic (exact) mass is 404 g/mol. The predicted molar refractivity (Wildman–Crippen MR) is 108 cm³/mol. The van der Waals surface area contributed by atoms with Gasteiger partial charge in [0, 0.05) is 10.3 Å². The van der Waals surface area contributed by atoms with Crippen LogP contribution in [0.4, 0.5) is 0 Å². The summed E-state index contributed by atoms with van der Waals surface area (Å²) in [5.41, 5.74) is 6.86. The van der Waals surface area contributed by atoms with Gasteiger partial charge in [0.1, 0.15) is 0 Å². The summed E-state index contributed by atoms with van der Waals surface area (Å²) in [6, 6.07) is 0. The molecule has 2 amide bonds. The van der Waals surface area contributed by atoms with Gasteiger partial charge in [-0.05, 0) is 49.0 Å². The number of hydrogen-bond donors (Lipinski definition) is 3. The van der Waals surface area contributed by atoms with E-state index in [1.54, 1.807) is 17.4 Å². The second-order valence-corrected chi connectivity index (χ2v) is 9.76. The number of hydrogen-bond acceptors (Lipinski definition) is 4. The number of aliphatic carboxylic acids is 1. The molecule has 0 radical (unpaired) electrons. The molecule has 1 heterocycles. The number of fused-ring (bicyclic) bond motifs is 1. The van der Waals surface area contributed by atoms with Crippen LogP contribution in [0.2, 0.25) is 0 Å². The van der Waals surface area contributed by atoms with E-state index in [0.29, 0.717) is 24.3 Å². The van der Waals surface area contributed by atoms with Crippen LogP contribution in [-0.4, -0.2) is 22.9 Å². The lowest BCUT2D eigenvalue weighted by Crippen LogP contribution is -2.47. The highest BCUT2D eigenvalue weighted by Gasteiger charge is 2.35. The Morgan fingerprint density at radius 2 is 1.79 bits per heavy atom. The van der Waals surface area contributed by atoms with Crippen LogP contribution in [0.15, 0.2) is 17.5 Å². The van der Waals surface area contributed by atoms with Crippen LogP contribution < -0.4 is 10.9 Å². The molecule has 28 heavy (non-hydrogen) atoms. The van der Waals surface area contributed by atoms with Crippen LogP contribution >= 0.6 is 11.3 Å². The van der Waals surface area contributed by atoms with Crippen LogP contribution in [0, 0.1) is 23.2 Å². The number of allylic oxidation sites excluding steroid dienone is 2. The molecule has 0 bridgehead atoms.